The van der Waals surface area contributed by atoms with E-state index in [2.05, 4.69) is 19.1 Å². The maximum absolute atomic E-state index is 13.4. The Morgan fingerprint density at radius 3 is 2.26 bits per heavy atom. The Bertz CT molecular complexity index is 1130. The molecule has 1 heterocycles. The Morgan fingerprint density at radius 2 is 1.62 bits per heavy atom. The van der Waals surface area contributed by atoms with Crippen molar-refractivity contribution in [3.8, 4) is 17.2 Å². The minimum Gasteiger partial charge on any atom is -0.493 e. The number of hydrogen-bond donors (Lipinski definition) is 0. The Kier molecular flexibility index (Phi) is 7.36. The van der Waals surface area contributed by atoms with Crippen LogP contribution in [0.2, 0.25) is 0 Å². The number of amides is 1. The molecule has 178 valence electrons. The second-order valence-corrected chi connectivity index (χ2v) is 8.37. The van der Waals surface area contributed by atoms with Crippen LogP contribution >= 0.6 is 0 Å². The average Bonchev–Trinajstić information content (AvgIpc) is 2.87. The van der Waals surface area contributed by atoms with Gasteiger partial charge in [-0.1, -0.05) is 31.2 Å². The number of methoxy groups -OCH3 is 2. The van der Waals surface area contributed by atoms with Gasteiger partial charge in [-0.05, 0) is 71.5 Å². The maximum atomic E-state index is 13.4. The molecule has 1 aliphatic rings. The van der Waals surface area contributed by atoms with Crippen molar-refractivity contribution in [2.45, 2.75) is 32.2 Å². The molecule has 1 aliphatic heterocycles. The fourth-order valence-corrected chi connectivity index (χ4v) is 4.38. The number of carbonyl (C=O) groups excluding carboxylic acids is 1. The predicted molar refractivity (Wildman–Crippen MR) is 129 cm³/mol. The van der Waals surface area contributed by atoms with Crippen LogP contribution in [0.4, 0.5) is 4.39 Å². The fraction of sp³-hybridized carbons (Fsp3) is 0.321. The van der Waals surface area contributed by atoms with E-state index >= 15 is 0 Å². The molecular weight excluding hydrogens is 433 g/mol. The first-order valence-electron chi connectivity index (χ1n) is 11.5. The summed E-state index contributed by atoms with van der Waals surface area (Å²) in [6.07, 6.45) is 1.86. The van der Waals surface area contributed by atoms with Gasteiger partial charge in [0, 0.05) is 6.54 Å². The van der Waals surface area contributed by atoms with Crippen LogP contribution in [0, 0.1) is 5.82 Å². The van der Waals surface area contributed by atoms with E-state index in [0.717, 1.165) is 28.9 Å². The molecule has 0 bridgehead atoms. The van der Waals surface area contributed by atoms with Gasteiger partial charge >= 0.3 is 0 Å². The Hall–Kier alpha value is -3.54. The second-order valence-electron chi connectivity index (χ2n) is 8.37. The molecule has 0 fully saturated rings. The lowest BCUT2D eigenvalue weighted by Gasteiger charge is -2.37. The van der Waals surface area contributed by atoms with Gasteiger partial charge in [0.25, 0.3) is 0 Å². The second kappa shape index (κ2) is 10.6. The highest BCUT2D eigenvalue weighted by molar-refractivity contribution is 5.80. The summed E-state index contributed by atoms with van der Waals surface area (Å²) in [6.45, 7) is 2.98. The molecule has 0 saturated carbocycles. The van der Waals surface area contributed by atoms with Gasteiger partial charge in [-0.15, -0.1) is 0 Å². The predicted octanol–water partition coefficient (Wildman–Crippen LogP) is 5.15. The molecule has 5 nitrogen and oxygen atoms in total. The highest BCUT2D eigenvalue weighted by Crippen LogP contribution is 2.38. The van der Waals surface area contributed by atoms with Crippen molar-refractivity contribution in [3.05, 3.63) is 88.7 Å². The van der Waals surface area contributed by atoms with Crippen molar-refractivity contribution >= 4 is 5.91 Å². The van der Waals surface area contributed by atoms with Crippen molar-refractivity contribution < 1.29 is 23.4 Å². The molecule has 3 aromatic carbocycles. The number of halogens is 1. The van der Waals surface area contributed by atoms with Crippen LogP contribution in [-0.2, 0) is 24.1 Å². The number of carbonyl (C=O) groups is 1. The molecule has 1 unspecified atom stereocenters. The molecule has 6 heteroatoms. The van der Waals surface area contributed by atoms with Gasteiger partial charge in [0.15, 0.2) is 11.5 Å². The summed E-state index contributed by atoms with van der Waals surface area (Å²) >= 11 is 0. The summed E-state index contributed by atoms with van der Waals surface area (Å²) in [5, 5.41) is 0. The summed E-state index contributed by atoms with van der Waals surface area (Å²) in [7, 11) is 3.22. The van der Waals surface area contributed by atoms with E-state index in [1.54, 1.807) is 26.4 Å². The zero-order valence-corrected chi connectivity index (χ0v) is 19.8. The van der Waals surface area contributed by atoms with Crippen molar-refractivity contribution in [1.82, 2.24) is 4.90 Å². The molecular formula is C28H30FNO4. The quantitative estimate of drug-likeness (QED) is 0.463. The third kappa shape index (κ3) is 5.16. The number of aryl methyl sites for hydroxylation is 1. The Labute approximate surface area is 200 Å². The normalized spacial score (nSPS) is 14.9. The SMILES string of the molecule is CCc1ccc(OCC2c3cc(OC)c(OC)cc3CCN2C(=O)Cc2ccc(F)cc2)cc1. The largest absolute Gasteiger partial charge is 0.493 e. The van der Waals surface area contributed by atoms with Crippen molar-refractivity contribution in [2.75, 3.05) is 27.4 Å². The number of benzene rings is 3. The molecule has 1 atom stereocenters. The van der Waals surface area contributed by atoms with Crippen LogP contribution in [0.15, 0.2) is 60.7 Å². The van der Waals surface area contributed by atoms with Crippen molar-refractivity contribution in [2.24, 2.45) is 0 Å². The molecule has 0 aromatic heterocycles. The minimum absolute atomic E-state index is 0.0260. The minimum atomic E-state index is -0.315. The van der Waals surface area contributed by atoms with E-state index in [4.69, 9.17) is 14.2 Å². The number of hydrogen-bond acceptors (Lipinski definition) is 4. The molecule has 0 radical (unpaired) electrons. The summed E-state index contributed by atoms with van der Waals surface area (Å²) in [6, 6.07) is 17.7. The van der Waals surface area contributed by atoms with Crippen LogP contribution in [0.3, 0.4) is 0 Å². The zero-order chi connectivity index (χ0) is 24.1. The van der Waals surface area contributed by atoms with E-state index in [-0.39, 0.29) is 24.2 Å². The standard InChI is InChI=1S/C28H30FNO4/c1-4-19-7-11-23(12-8-19)34-18-25-24-17-27(33-3)26(32-2)16-21(24)13-14-30(25)28(31)15-20-5-9-22(29)10-6-20/h5-12,16-17,25H,4,13-15,18H2,1-3H3. The summed E-state index contributed by atoms with van der Waals surface area (Å²) < 4.78 is 30.5. The third-order valence-electron chi connectivity index (χ3n) is 6.33. The molecule has 34 heavy (non-hydrogen) atoms. The summed E-state index contributed by atoms with van der Waals surface area (Å²) in [5.41, 5.74) is 4.11. The molecule has 4 rings (SSSR count). The number of ether oxygens (including phenoxy) is 3. The first-order valence-corrected chi connectivity index (χ1v) is 11.5. The molecule has 0 aliphatic carbocycles. The van der Waals surface area contributed by atoms with Gasteiger partial charge in [-0.3, -0.25) is 4.79 Å². The van der Waals surface area contributed by atoms with Gasteiger partial charge in [0.05, 0.1) is 26.7 Å². The van der Waals surface area contributed by atoms with Gasteiger partial charge in [0.2, 0.25) is 5.91 Å². The Balaban J connectivity index is 1.62. The number of nitrogens with zero attached hydrogens (tertiary/aromatic N) is 1. The maximum Gasteiger partial charge on any atom is 0.227 e. The number of fused-ring (bicyclic) bond motifs is 1. The van der Waals surface area contributed by atoms with Crippen LogP contribution < -0.4 is 14.2 Å². The lowest BCUT2D eigenvalue weighted by molar-refractivity contribution is -0.134. The highest BCUT2D eigenvalue weighted by atomic mass is 19.1. The summed E-state index contributed by atoms with van der Waals surface area (Å²) in [5.74, 6) is 1.70. The van der Waals surface area contributed by atoms with Gasteiger partial charge in [-0.25, -0.2) is 4.39 Å². The van der Waals surface area contributed by atoms with Crippen LogP contribution in [0.25, 0.3) is 0 Å². The number of rotatable bonds is 8. The third-order valence-corrected chi connectivity index (χ3v) is 6.33. The van der Waals surface area contributed by atoms with Gasteiger partial charge in [-0.2, -0.15) is 0 Å². The summed E-state index contributed by atoms with van der Waals surface area (Å²) in [4.78, 5) is 15.2. The molecule has 3 aromatic rings. The molecule has 0 N–H and O–H groups in total. The molecule has 0 spiro atoms. The van der Waals surface area contributed by atoms with Gasteiger partial charge < -0.3 is 19.1 Å². The van der Waals surface area contributed by atoms with Crippen LogP contribution in [0.5, 0.6) is 17.2 Å². The van der Waals surface area contributed by atoms with Crippen molar-refractivity contribution in [3.63, 3.8) is 0 Å². The van der Waals surface area contributed by atoms with Crippen LogP contribution in [-0.4, -0.2) is 38.2 Å². The van der Waals surface area contributed by atoms with E-state index < -0.39 is 0 Å². The molecule has 0 saturated heterocycles. The zero-order valence-electron chi connectivity index (χ0n) is 19.8. The van der Waals surface area contributed by atoms with Crippen LogP contribution in [0.1, 0.15) is 35.2 Å². The van der Waals surface area contributed by atoms with E-state index in [1.165, 1.54) is 17.7 Å². The average molecular weight is 464 g/mol. The fourth-order valence-electron chi connectivity index (χ4n) is 4.38. The van der Waals surface area contributed by atoms with Gasteiger partial charge in [0.1, 0.15) is 18.2 Å². The van der Waals surface area contributed by atoms with E-state index in [0.29, 0.717) is 31.1 Å². The monoisotopic (exact) mass is 463 g/mol. The smallest absolute Gasteiger partial charge is 0.227 e. The van der Waals surface area contributed by atoms with E-state index in [9.17, 15) is 9.18 Å². The van der Waals surface area contributed by atoms with Crippen molar-refractivity contribution in [1.29, 1.82) is 0 Å². The topological polar surface area (TPSA) is 48.0 Å². The Morgan fingerprint density at radius 1 is 0.971 bits per heavy atom. The first kappa shape index (κ1) is 23.6. The molecule has 1 amide bonds. The van der Waals surface area contributed by atoms with E-state index in [1.807, 2.05) is 29.2 Å². The lowest BCUT2D eigenvalue weighted by Crippen LogP contribution is -2.43. The highest BCUT2D eigenvalue weighted by Gasteiger charge is 2.32. The lowest BCUT2D eigenvalue weighted by atomic mass is 9.91. The first-order chi connectivity index (χ1) is 16.5.